The van der Waals surface area contributed by atoms with Crippen molar-refractivity contribution in [1.29, 1.82) is 0 Å². The van der Waals surface area contributed by atoms with Crippen molar-refractivity contribution >= 4 is 27.3 Å². The van der Waals surface area contributed by atoms with E-state index in [2.05, 4.69) is 22.0 Å². The van der Waals surface area contributed by atoms with Crippen LogP contribution in [-0.4, -0.2) is 41.4 Å². The van der Waals surface area contributed by atoms with Crippen molar-refractivity contribution in [2.45, 2.75) is 6.54 Å². The van der Waals surface area contributed by atoms with Crippen LogP contribution in [0, 0.1) is 0 Å². The highest BCUT2D eigenvalue weighted by atomic mass is 79.9. The Morgan fingerprint density at radius 2 is 1.86 bits per heavy atom. The molecule has 0 atom stereocenters. The van der Waals surface area contributed by atoms with Gasteiger partial charge in [0.2, 0.25) is 0 Å². The maximum absolute atomic E-state index is 8.82. The van der Waals surface area contributed by atoms with Crippen molar-refractivity contribution in [1.82, 2.24) is 4.90 Å². The van der Waals surface area contributed by atoms with Crippen LogP contribution < -0.4 is 0 Å². The molecule has 1 heterocycles. The van der Waals surface area contributed by atoms with Gasteiger partial charge in [-0.05, 0) is 28.1 Å². The lowest BCUT2D eigenvalue weighted by atomic mass is 10.4. The summed E-state index contributed by atoms with van der Waals surface area (Å²) < 4.78 is 1.11. The Bertz CT molecular complexity index is 261. The molecule has 0 aliphatic carbocycles. The minimum absolute atomic E-state index is 0.131. The predicted octanol–water partition coefficient (Wildman–Crippen LogP) is 1.30. The van der Waals surface area contributed by atoms with E-state index in [0.29, 0.717) is 13.1 Å². The monoisotopic (exact) mass is 279 g/mol. The molecular weight excluding hydrogens is 266 g/mol. The van der Waals surface area contributed by atoms with E-state index < -0.39 is 0 Å². The molecule has 0 spiro atoms. The number of nitrogens with zero attached hydrogens (tertiary/aromatic N) is 1. The van der Waals surface area contributed by atoms with Gasteiger partial charge in [0.25, 0.3) is 0 Å². The third-order valence-electron chi connectivity index (χ3n) is 1.84. The molecule has 1 aromatic heterocycles. The Morgan fingerprint density at radius 3 is 2.29 bits per heavy atom. The fourth-order valence-electron chi connectivity index (χ4n) is 1.21. The molecule has 5 heteroatoms. The molecule has 2 N–H and O–H groups in total. The van der Waals surface area contributed by atoms with E-state index in [1.165, 1.54) is 4.88 Å². The van der Waals surface area contributed by atoms with E-state index in [1.54, 1.807) is 11.3 Å². The van der Waals surface area contributed by atoms with Gasteiger partial charge in [-0.15, -0.1) is 11.3 Å². The van der Waals surface area contributed by atoms with Crippen LogP contribution >= 0.6 is 27.3 Å². The molecule has 0 bridgehead atoms. The van der Waals surface area contributed by atoms with Crippen molar-refractivity contribution in [3.8, 4) is 0 Å². The Labute approximate surface area is 96.1 Å². The topological polar surface area (TPSA) is 43.7 Å². The number of hydrogen-bond acceptors (Lipinski definition) is 4. The third-order valence-corrected chi connectivity index (χ3v) is 3.45. The van der Waals surface area contributed by atoms with Gasteiger partial charge in [-0.1, -0.05) is 0 Å². The largest absolute Gasteiger partial charge is 0.395 e. The number of aliphatic hydroxyl groups is 2. The maximum atomic E-state index is 8.82. The molecule has 0 aromatic carbocycles. The third kappa shape index (κ3) is 4.06. The minimum atomic E-state index is 0.131. The van der Waals surface area contributed by atoms with Crippen LogP contribution in [0.5, 0.6) is 0 Å². The van der Waals surface area contributed by atoms with Gasteiger partial charge in [0.15, 0.2) is 0 Å². The van der Waals surface area contributed by atoms with Crippen molar-refractivity contribution < 1.29 is 10.2 Å². The molecule has 1 rings (SSSR count). The summed E-state index contributed by atoms with van der Waals surface area (Å²) in [4.78, 5) is 3.26. The van der Waals surface area contributed by atoms with Gasteiger partial charge in [-0.2, -0.15) is 0 Å². The first-order valence-corrected chi connectivity index (χ1v) is 6.05. The Hall–Kier alpha value is 0.0600. The predicted molar refractivity (Wildman–Crippen MR) is 61.5 cm³/mol. The average molecular weight is 280 g/mol. The fourth-order valence-corrected chi connectivity index (χ4v) is 2.74. The molecule has 0 aliphatic rings. The second-order valence-corrected chi connectivity index (χ2v) is 5.48. The highest BCUT2D eigenvalue weighted by molar-refractivity contribution is 9.11. The standard InChI is InChI=1S/C9H14BrNO2S/c10-9-2-1-8(14-9)7-11(3-5-12)4-6-13/h1-2,12-13H,3-7H2. The number of halogens is 1. The molecule has 0 saturated carbocycles. The Morgan fingerprint density at radius 1 is 1.21 bits per heavy atom. The summed E-state index contributed by atoms with van der Waals surface area (Å²) in [5, 5.41) is 17.6. The normalized spacial score (nSPS) is 11.1. The molecule has 0 amide bonds. The molecule has 14 heavy (non-hydrogen) atoms. The molecule has 80 valence electrons. The quantitative estimate of drug-likeness (QED) is 0.825. The van der Waals surface area contributed by atoms with Gasteiger partial charge in [-0.3, -0.25) is 4.90 Å². The smallest absolute Gasteiger partial charge is 0.0701 e. The van der Waals surface area contributed by atoms with Gasteiger partial charge in [0, 0.05) is 24.5 Å². The van der Waals surface area contributed by atoms with E-state index in [4.69, 9.17) is 10.2 Å². The van der Waals surface area contributed by atoms with E-state index in [9.17, 15) is 0 Å². The second-order valence-electron chi connectivity index (χ2n) is 2.93. The van der Waals surface area contributed by atoms with Crippen molar-refractivity contribution in [3.63, 3.8) is 0 Å². The lowest BCUT2D eigenvalue weighted by Crippen LogP contribution is -2.28. The Balaban J connectivity index is 2.46. The molecular formula is C9H14BrNO2S. The van der Waals surface area contributed by atoms with Crippen molar-refractivity contribution in [2.24, 2.45) is 0 Å². The zero-order valence-electron chi connectivity index (χ0n) is 7.82. The highest BCUT2D eigenvalue weighted by Gasteiger charge is 2.06. The zero-order valence-corrected chi connectivity index (χ0v) is 10.2. The summed E-state index contributed by atoms with van der Waals surface area (Å²) in [6, 6.07) is 4.06. The summed E-state index contributed by atoms with van der Waals surface area (Å²) in [6.07, 6.45) is 0. The summed E-state index contributed by atoms with van der Waals surface area (Å²) in [5.41, 5.74) is 0. The van der Waals surface area contributed by atoms with Crippen LogP contribution in [-0.2, 0) is 6.54 Å². The van der Waals surface area contributed by atoms with Gasteiger partial charge in [0.1, 0.15) is 0 Å². The van der Waals surface area contributed by atoms with Gasteiger partial charge >= 0.3 is 0 Å². The van der Waals surface area contributed by atoms with Crippen LogP contribution in [0.15, 0.2) is 15.9 Å². The van der Waals surface area contributed by atoms with Crippen LogP contribution in [0.3, 0.4) is 0 Å². The maximum Gasteiger partial charge on any atom is 0.0701 e. The van der Waals surface area contributed by atoms with Crippen LogP contribution in [0.4, 0.5) is 0 Å². The van der Waals surface area contributed by atoms with E-state index in [1.807, 2.05) is 11.0 Å². The summed E-state index contributed by atoms with van der Waals surface area (Å²) in [7, 11) is 0. The molecule has 0 saturated heterocycles. The number of thiophene rings is 1. The van der Waals surface area contributed by atoms with Crippen molar-refractivity contribution in [3.05, 3.63) is 20.8 Å². The second kappa shape index (κ2) is 6.53. The SMILES string of the molecule is OCCN(CCO)Cc1ccc(Br)s1. The molecule has 0 unspecified atom stereocenters. The van der Waals surface area contributed by atoms with Crippen LogP contribution in [0.2, 0.25) is 0 Å². The van der Waals surface area contributed by atoms with E-state index in [-0.39, 0.29) is 13.2 Å². The average Bonchev–Trinajstić information content (AvgIpc) is 2.52. The lowest BCUT2D eigenvalue weighted by molar-refractivity contribution is 0.157. The first-order valence-electron chi connectivity index (χ1n) is 4.44. The highest BCUT2D eigenvalue weighted by Crippen LogP contribution is 2.23. The molecule has 0 radical (unpaired) electrons. The van der Waals surface area contributed by atoms with Crippen LogP contribution in [0.1, 0.15) is 4.88 Å². The molecule has 0 fully saturated rings. The minimum Gasteiger partial charge on any atom is -0.395 e. The summed E-state index contributed by atoms with van der Waals surface area (Å²) in [6.45, 7) is 2.27. The summed E-state index contributed by atoms with van der Waals surface area (Å²) >= 11 is 5.08. The van der Waals surface area contributed by atoms with Gasteiger partial charge < -0.3 is 10.2 Å². The van der Waals surface area contributed by atoms with Crippen molar-refractivity contribution in [2.75, 3.05) is 26.3 Å². The first-order chi connectivity index (χ1) is 6.76. The van der Waals surface area contributed by atoms with Gasteiger partial charge in [0.05, 0.1) is 17.0 Å². The fraction of sp³-hybridized carbons (Fsp3) is 0.556. The molecule has 1 aromatic rings. The van der Waals surface area contributed by atoms with E-state index in [0.717, 1.165) is 10.3 Å². The lowest BCUT2D eigenvalue weighted by Gasteiger charge is -2.18. The zero-order chi connectivity index (χ0) is 10.4. The first kappa shape index (κ1) is 12.1. The van der Waals surface area contributed by atoms with Crippen LogP contribution in [0.25, 0.3) is 0 Å². The molecule has 3 nitrogen and oxygen atoms in total. The number of hydrogen-bond donors (Lipinski definition) is 2. The Kier molecular flexibility index (Phi) is 5.66. The van der Waals surface area contributed by atoms with E-state index >= 15 is 0 Å². The number of rotatable bonds is 6. The molecule has 0 aliphatic heterocycles. The van der Waals surface area contributed by atoms with Gasteiger partial charge in [-0.25, -0.2) is 0 Å². The number of aliphatic hydroxyl groups excluding tert-OH is 2. The summed E-state index contributed by atoms with van der Waals surface area (Å²) in [5.74, 6) is 0.